The Labute approximate surface area is 97.9 Å². The van der Waals surface area contributed by atoms with E-state index in [1.54, 1.807) is 14.2 Å². The summed E-state index contributed by atoms with van der Waals surface area (Å²) in [5, 5.41) is 8.88. The van der Waals surface area contributed by atoms with Gasteiger partial charge in [-0.25, -0.2) is 0 Å². The van der Waals surface area contributed by atoms with Gasteiger partial charge >= 0.3 is 0 Å². The second kappa shape index (κ2) is 6.19. The summed E-state index contributed by atoms with van der Waals surface area (Å²) in [6, 6.07) is 0. The molecule has 5 nitrogen and oxygen atoms in total. The van der Waals surface area contributed by atoms with Gasteiger partial charge in [0.25, 0.3) is 0 Å². The minimum absolute atomic E-state index is 0.0536. The lowest BCUT2D eigenvalue weighted by Crippen LogP contribution is -2.13. The van der Waals surface area contributed by atoms with Gasteiger partial charge in [0.2, 0.25) is 0 Å². The van der Waals surface area contributed by atoms with Crippen LogP contribution in [0.4, 0.5) is 0 Å². The standard InChI is InChI=1S/C9H16BrN3O2/c1-7(15-3)9-12-11-8(6-10)13(9)4-5-14-2/h7H,4-6H2,1-3H3. The molecule has 0 fully saturated rings. The molecule has 15 heavy (non-hydrogen) atoms. The third kappa shape index (κ3) is 2.99. The fourth-order valence-corrected chi connectivity index (χ4v) is 1.70. The highest BCUT2D eigenvalue weighted by atomic mass is 79.9. The molecule has 1 aromatic heterocycles. The fraction of sp³-hybridized carbons (Fsp3) is 0.778. The molecule has 0 N–H and O–H groups in total. The lowest BCUT2D eigenvalue weighted by atomic mass is 10.3. The van der Waals surface area contributed by atoms with Gasteiger partial charge in [-0.05, 0) is 6.92 Å². The molecule has 6 heteroatoms. The van der Waals surface area contributed by atoms with Crippen molar-refractivity contribution < 1.29 is 9.47 Å². The van der Waals surface area contributed by atoms with Gasteiger partial charge in [0, 0.05) is 20.8 Å². The smallest absolute Gasteiger partial charge is 0.162 e. The van der Waals surface area contributed by atoms with Crippen LogP contribution in [0.15, 0.2) is 0 Å². The summed E-state index contributed by atoms with van der Waals surface area (Å²) in [4.78, 5) is 0. The molecule has 0 aliphatic carbocycles. The van der Waals surface area contributed by atoms with Crippen LogP contribution in [0, 0.1) is 0 Å². The van der Waals surface area contributed by atoms with E-state index in [0.29, 0.717) is 11.9 Å². The predicted molar refractivity (Wildman–Crippen MR) is 60.0 cm³/mol. The fourth-order valence-electron chi connectivity index (χ4n) is 1.28. The van der Waals surface area contributed by atoms with E-state index in [9.17, 15) is 0 Å². The van der Waals surface area contributed by atoms with Crippen LogP contribution in [0.25, 0.3) is 0 Å². The number of hydrogen-bond donors (Lipinski definition) is 0. The van der Waals surface area contributed by atoms with Crippen LogP contribution >= 0.6 is 15.9 Å². The zero-order valence-electron chi connectivity index (χ0n) is 9.23. The zero-order chi connectivity index (χ0) is 11.3. The second-order valence-corrected chi connectivity index (χ2v) is 3.69. The van der Waals surface area contributed by atoms with Crippen LogP contribution in [0.1, 0.15) is 24.7 Å². The van der Waals surface area contributed by atoms with Crippen molar-refractivity contribution >= 4 is 15.9 Å². The van der Waals surface area contributed by atoms with Crippen LogP contribution in [0.3, 0.4) is 0 Å². The number of methoxy groups -OCH3 is 2. The van der Waals surface area contributed by atoms with Gasteiger partial charge in [0.15, 0.2) is 5.82 Å². The van der Waals surface area contributed by atoms with Gasteiger partial charge in [-0.2, -0.15) is 0 Å². The first-order valence-electron chi connectivity index (χ1n) is 4.74. The van der Waals surface area contributed by atoms with Gasteiger partial charge in [-0.1, -0.05) is 15.9 Å². The molecule has 0 aromatic carbocycles. The first-order valence-corrected chi connectivity index (χ1v) is 5.86. The molecule has 0 bridgehead atoms. The number of aromatic nitrogens is 3. The largest absolute Gasteiger partial charge is 0.383 e. The summed E-state index contributed by atoms with van der Waals surface area (Å²) >= 11 is 3.38. The number of hydrogen-bond acceptors (Lipinski definition) is 4. The molecular weight excluding hydrogens is 262 g/mol. The highest BCUT2D eigenvalue weighted by Gasteiger charge is 2.16. The molecular formula is C9H16BrN3O2. The number of rotatable bonds is 6. The Bertz CT molecular complexity index is 304. The molecule has 1 heterocycles. The summed E-state index contributed by atoms with van der Waals surface area (Å²) in [6.07, 6.45) is -0.0536. The summed E-state index contributed by atoms with van der Waals surface area (Å²) in [5.41, 5.74) is 0. The number of ether oxygens (including phenoxy) is 2. The van der Waals surface area contributed by atoms with Crippen molar-refractivity contribution in [3.05, 3.63) is 11.6 Å². The Morgan fingerprint density at radius 1 is 1.40 bits per heavy atom. The molecule has 0 aliphatic rings. The van der Waals surface area contributed by atoms with E-state index >= 15 is 0 Å². The Morgan fingerprint density at radius 2 is 2.13 bits per heavy atom. The summed E-state index contributed by atoms with van der Waals surface area (Å²) < 4.78 is 12.3. The summed E-state index contributed by atoms with van der Waals surface area (Å²) in [5.74, 6) is 1.73. The first-order chi connectivity index (χ1) is 7.24. The molecule has 1 rings (SSSR count). The maximum Gasteiger partial charge on any atom is 0.162 e. The van der Waals surface area contributed by atoms with Gasteiger partial charge in [-0.15, -0.1) is 10.2 Å². The van der Waals surface area contributed by atoms with E-state index in [-0.39, 0.29) is 6.10 Å². The first kappa shape index (κ1) is 12.6. The second-order valence-electron chi connectivity index (χ2n) is 3.13. The lowest BCUT2D eigenvalue weighted by molar-refractivity contribution is 0.105. The predicted octanol–water partition coefficient (Wildman–Crippen LogP) is 1.53. The van der Waals surface area contributed by atoms with Crippen LogP contribution in [-0.2, 0) is 21.3 Å². The Hall–Kier alpha value is -0.460. The maximum absolute atomic E-state index is 5.24. The van der Waals surface area contributed by atoms with Crippen LogP contribution in [0.2, 0.25) is 0 Å². The van der Waals surface area contributed by atoms with Crippen molar-refractivity contribution in [1.82, 2.24) is 14.8 Å². The lowest BCUT2D eigenvalue weighted by Gasteiger charge is -2.12. The molecule has 0 spiro atoms. The Morgan fingerprint density at radius 3 is 2.67 bits per heavy atom. The molecule has 1 aromatic rings. The van der Waals surface area contributed by atoms with E-state index in [2.05, 4.69) is 26.1 Å². The molecule has 1 atom stereocenters. The number of halogens is 1. The van der Waals surface area contributed by atoms with Gasteiger partial charge < -0.3 is 14.0 Å². The third-order valence-corrected chi connectivity index (χ3v) is 2.71. The van der Waals surface area contributed by atoms with Crippen molar-refractivity contribution in [2.75, 3.05) is 20.8 Å². The van der Waals surface area contributed by atoms with Crippen molar-refractivity contribution in [2.45, 2.75) is 24.9 Å². The van der Waals surface area contributed by atoms with Gasteiger partial charge in [-0.3, -0.25) is 0 Å². The molecule has 0 amide bonds. The SMILES string of the molecule is COCCn1c(CBr)nnc1C(C)OC. The molecule has 86 valence electrons. The minimum Gasteiger partial charge on any atom is -0.383 e. The average Bonchev–Trinajstić information content (AvgIpc) is 2.67. The Balaban J connectivity index is 2.89. The van der Waals surface area contributed by atoms with E-state index in [1.807, 2.05) is 11.5 Å². The molecule has 0 radical (unpaired) electrons. The number of nitrogens with zero attached hydrogens (tertiary/aromatic N) is 3. The van der Waals surface area contributed by atoms with Crippen molar-refractivity contribution in [3.63, 3.8) is 0 Å². The summed E-state index contributed by atoms with van der Waals surface area (Å²) in [6.45, 7) is 3.33. The van der Waals surface area contributed by atoms with Gasteiger partial charge in [0.05, 0.1) is 11.9 Å². The van der Waals surface area contributed by atoms with E-state index < -0.39 is 0 Å². The average molecular weight is 278 g/mol. The Kier molecular flexibility index (Phi) is 5.21. The third-order valence-electron chi connectivity index (χ3n) is 2.21. The van der Waals surface area contributed by atoms with Crippen molar-refractivity contribution in [1.29, 1.82) is 0 Å². The molecule has 0 aliphatic heterocycles. The minimum atomic E-state index is -0.0536. The summed E-state index contributed by atoms with van der Waals surface area (Å²) in [7, 11) is 3.34. The van der Waals surface area contributed by atoms with Crippen LogP contribution < -0.4 is 0 Å². The monoisotopic (exact) mass is 277 g/mol. The zero-order valence-corrected chi connectivity index (χ0v) is 10.8. The molecule has 0 saturated carbocycles. The van der Waals surface area contributed by atoms with Crippen molar-refractivity contribution in [3.8, 4) is 0 Å². The van der Waals surface area contributed by atoms with Crippen LogP contribution in [-0.4, -0.2) is 35.6 Å². The maximum atomic E-state index is 5.24. The highest BCUT2D eigenvalue weighted by molar-refractivity contribution is 9.08. The van der Waals surface area contributed by atoms with E-state index in [1.165, 1.54) is 0 Å². The van der Waals surface area contributed by atoms with E-state index in [4.69, 9.17) is 9.47 Å². The van der Waals surface area contributed by atoms with Gasteiger partial charge in [0.1, 0.15) is 11.9 Å². The normalized spacial score (nSPS) is 13.1. The molecule has 0 saturated heterocycles. The highest BCUT2D eigenvalue weighted by Crippen LogP contribution is 2.16. The van der Waals surface area contributed by atoms with Crippen LogP contribution in [0.5, 0.6) is 0 Å². The quantitative estimate of drug-likeness (QED) is 0.740. The van der Waals surface area contributed by atoms with E-state index in [0.717, 1.165) is 18.2 Å². The number of alkyl halides is 1. The topological polar surface area (TPSA) is 49.2 Å². The molecule has 1 unspecified atom stereocenters. The van der Waals surface area contributed by atoms with Crippen molar-refractivity contribution in [2.24, 2.45) is 0 Å².